The van der Waals surface area contributed by atoms with Crippen molar-refractivity contribution in [3.63, 3.8) is 0 Å². The Kier molecular flexibility index (Phi) is 3.20. The van der Waals surface area contributed by atoms with Crippen molar-refractivity contribution < 1.29 is 0 Å². The standard InChI is InChI=1S/C14H22S/c1-4-14(2,3)9-11-10-15-13-8-6-5-7-12(11)13/h10H,4-9H2,1-3H3. The van der Waals surface area contributed by atoms with Crippen LogP contribution in [0.5, 0.6) is 0 Å². The second-order valence-electron chi connectivity index (χ2n) is 5.56. The molecule has 1 aromatic heterocycles. The SMILES string of the molecule is CCC(C)(C)Cc1csc2c1CCCC2. The predicted octanol–water partition coefficient (Wildman–Crippen LogP) is 4.61. The molecule has 0 fully saturated rings. The first-order chi connectivity index (χ1) is 7.12. The third-order valence-corrected chi connectivity index (χ3v) is 4.91. The van der Waals surface area contributed by atoms with E-state index in [1.807, 2.05) is 11.3 Å². The minimum Gasteiger partial charge on any atom is -0.148 e. The smallest absolute Gasteiger partial charge is 0.00800 e. The summed E-state index contributed by atoms with van der Waals surface area (Å²) in [6.45, 7) is 7.08. The Morgan fingerprint density at radius 1 is 1.27 bits per heavy atom. The van der Waals surface area contributed by atoms with E-state index in [0.717, 1.165) is 0 Å². The fourth-order valence-corrected chi connectivity index (χ4v) is 3.50. The van der Waals surface area contributed by atoms with Gasteiger partial charge in [-0.1, -0.05) is 27.2 Å². The fourth-order valence-electron chi connectivity index (χ4n) is 2.35. The van der Waals surface area contributed by atoms with Gasteiger partial charge in [0.05, 0.1) is 0 Å². The molecule has 0 aromatic carbocycles. The summed E-state index contributed by atoms with van der Waals surface area (Å²) >= 11 is 2.00. The lowest BCUT2D eigenvalue weighted by Crippen LogP contribution is -2.14. The van der Waals surface area contributed by atoms with Crippen LogP contribution in [0.2, 0.25) is 0 Å². The van der Waals surface area contributed by atoms with Gasteiger partial charge < -0.3 is 0 Å². The van der Waals surface area contributed by atoms with Crippen LogP contribution < -0.4 is 0 Å². The molecule has 1 aliphatic rings. The molecule has 0 spiro atoms. The van der Waals surface area contributed by atoms with Gasteiger partial charge in [0.15, 0.2) is 0 Å². The number of fused-ring (bicyclic) bond motifs is 1. The van der Waals surface area contributed by atoms with Gasteiger partial charge in [-0.15, -0.1) is 11.3 Å². The summed E-state index contributed by atoms with van der Waals surface area (Å²) in [6.07, 6.45) is 8.04. The molecule has 1 heteroatoms. The molecule has 1 heterocycles. The van der Waals surface area contributed by atoms with Gasteiger partial charge in [0.1, 0.15) is 0 Å². The van der Waals surface area contributed by atoms with E-state index in [2.05, 4.69) is 26.2 Å². The van der Waals surface area contributed by atoms with Crippen LogP contribution in [0, 0.1) is 5.41 Å². The summed E-state index contributed by atoms with van der Waals surface area (Å²) in [5.74, 6) is 0. The molecule has 0 atom stereocenters. The van der Waals surface area contributed by atoms with Crippen molar-refractivity contribution in [1.82, 2.24) is 0 Å². The van der Waals surface area contributed by atoms with E-state index < -0.39 is 0 Å². The molecular weight excluding hydrogens is 200 g/mol. The lowest BCUT2D eigenvalue weighted by Gasteiger charge is -2.23. The van der Waals surface area contributed by atoms with Crippen LogP contribution >= 0.6 is 11.3 Å². The predicted molar refractivity (Wildman–Crippen MR) is 68.7 cm³/mol. The normalized spacial score (nSPS) is 16.5. The van der Waals surface area contributed by atoms with Gasteiger partial charge in [-0.2, -0.15) is 0 Å². The monoisotopic (exact) mass is 222 g/mol. The van der Waals surface area contributed by atoms with Gasteiger partial charge in [0.25, 0.3) is 0 Å². The molecule has 0 amide bonds. The van der Waals surface area contributed by atoms with Crippen LogP contribution in [0.1, 0.15) is 56.0 Å². The first-order valence-corrected chi connectivity index (χ1v) is 7.08. The largest absolute Gasteiger partial charge is 0.148 e. The van der Waals surface area contributed by atoms with Gasteiger partial charge in [0.2, 0.25) is 0 Å². The summed E-state index contributed by atoms with van der Waals surface area (Å²) < 4.78 is 0. The van der Waals surface area contributed by atoms with Gasteiger partial charge in [-0.25, -0.2) is 0 Å². The third kappa shape index (κ3) is 2.44. The zero-order chi connectivity index (χ0) is 10.9. The first kappa shape index (κ1) is 11.2. The molecule has 0 N–H and O–H groups in total. The molecule has 1 aliphatic carbocycles. The Balaban J connectivity index is 2.19. The molecule has 84 valence electrons. The van der Waals surface area contributed by atoms with Crippen molar-refractivity contribution in [2.75, 3.05) is 0 Å². The molecule has 1 aromatic rings. The Morgan fingerprint density at radius 2 is 2.00 bits per heavy atom. The van der Waals surface area contributed by atoms with Crippen molar-refractivity contribution in [2.24, 2.45) is 5.41 Å². The van der Waals surface area contributed by atoms with Gasteiger partial charge >= 0.3 is 0 Å². The molecule has 15 heavy (non-hydrogen) atoms. The molecule has 0 bridgehead atoms. The molecule has 0 saturated carbocycles. The average Bonchev–Trinajstić information content (AvgIpc) is 2.62. The molecular formula is C14H22S. The summed E-state index contributed by atoms with van der Waals surface area (Å²) in [6, 6.07) is 0. The molecule has 0 saturated heterocycles. The van der Waals surface area contributed by atoms with Crippen molar-refractivity contribution in [3.05, 3.63) is 21.4 Å². The van der Waals surface area contributed by atoms with Crippen molar-refractivity contribution in [2.45, 2.75) is 59.3 Å². The van der Waals surface area contributed by atoms with Crippen molar-refractivity contribution in [3.8, 4) is 0 Å². The van der Waals surface area contributed by atoms with Crippen molar-refractivity contribution >= 4 is 11.3 Å². The van der Waals surface area contributed by atoms with Crippen LogP contribution in [0.3, 0.4) is 0 Å². The van der Waals surface area contributed by atoms with E-state index in [4.69, 9.17) is 0 Å². The summed E-state index contributed by atoms with van der Waals surface area (Å²) in [7, 11) is 0. The maximum absolute atomic E-state index is 2.42. The first-order valence-electron chi connectivity index (χ1n) is 6.20. The summed E-state index contributed by atoms with van der Waals surface area (Å²) in [4.78, 5) is 1.68. The molecule has 0 radical (unpaired) electrons. The quantitative estimate of drug-likeness (QED) is 0.701. The van der Waals surface area contributed by atoms with Crippen LogP contribution in [0.25, 0.3) is 0 Å². The van der Waals surface area contributed by atoms with E-state index in [-0.39, 0.29) is 0 Å². The van der Waals surface area contributed by atoms with Gasteiger partial charge in [-0.05, 0) is 54.0 Å². The van der Waals surface area contributed by atoms with E-state index in [0.29, 0.717) is 5.41 Å². The van der Waals surface area contributed by atoms with Gasteiger partial charge in [0, 0.05) is 4.88 Å². The molecule has 0 aliphatic heterocycles. The minimum absolute atomic E-state index is 0.478. The topological polar surface area (TPSA) is 0 Å². The second-order valence-corrected chi connectivity index (χ2v) is 6.53. The Bertz CT molecular complexity index is 333. The van der Waals surface area contributed by atoms with Crippen LogP contribution in [-0.2, 0) is 19.3 Å². The number of hydrogen-bond donors (Lipinski definition) is 0. The highest BCUT2D eigenvalue weighted by atomic mass is 32.1. The molecule has 0 nitrogen and oxygen atoms in total. The van der Waals surface area contributed by atoms with Crippen LogP contribution in [0.4, 0.5) is 0 Å². The van der Waals surface area contributed by atoms with Crippen LogP contribution in [0.15, 0.2) is 5.38 Å². The zero-order valence-corrected chi connectivity index (χ0v) is 11.0. The number of thiophene rings is 1. The number of aryl methyl sites for hydroxylation is 1. The van der Waals surface area contributed by atoms with Crippen LogP contribution in [-0.4, -0.2) is 0 Å². The summed E-state index contributed by atoms with van der Waals surface area (Å²) in [5.41, 5.74) is 3.85. The lowest BCUT2D eigenvalue weighted by molar-refractivity contribution is 0.348. The van der Waals surface area contributed by atoms with Gasteiger partial charge in [-0.3, -0.25) is 0 Å². The zero-order valence-electron chi connectivity index (χ0n) is 10.2. The lowest BCUT2D eigenvalue weighted by atomic mass is 9.81. The third-order valence-electron chi connectivity index (χ3n) is 3.77. The van der Waals surface area contributed by atoms with Crippen molar-refractivity contribution in [1.29, 1.82) is 0 Å². The average molecular weight is 222 g/mol. The Morgan fingerprint density at radius 3 is 2.73 bits per heavy atom. The van der Waals surface area contributed by atoms with E-state index in [1.165, 1.54) is 38.5 Å². The highest BCUT2D eigenvalue weighted by Gasteiger charge is 2.21. The molecule has 2 rings (SSSR count). The van der Waals surface area contributed by atoms with E-state index >= 15 is 0 Å². The number of hydrogen-bond acceptors (Lipinski definition) is 1. The summed E-state index contributed by atoms with van der Waals surface area (Å²) in [5, 5.41) is 2.42. The highest BCUT2D eigenvalue weighted by Crippen LogP contribution is 2.35. The fraction of sp³-hybridized carbons (Fsp3) is 0.714. The second kappa shape index (κ2) is 4.29. The Hall–Kier alpha value is -0.300. The highest BCUT2D eigenvalue weighted by molar-refractivity contribution is 7.10. The Labute approximate surface area is 97.7 Å². The minimum atomic E-state index is 0.478. The maximum atomic E-state index is 2.42. The maximum Gasteiger partial charge on any atom is 0.00800 e. The molecule has 0 unspecified atom stereocenters. The number of rotatable bonds is 3. The van der Waals surface area contributed by atoms with E-state index in [9.17, 15) is 0 Å². The van der Waals surface area contributed by atoms with E-state index in [1.54, 1.807) is 16.0 Å².